The minimum atomic E-state index is -1.78. The highest BCUT2D eigenvalue weighted by Gasteiger charge is 2.63. The summed E-state index contributed by atoms with van der Waals surface area (Å²) in [7, 11) is 0. The van der Waals surface area contributed by atoms with Crippen molar-refractivity contribution in [3.8, 4) is 0 Å². The van der Waals surface area contributed by atoms with Gasteiger partial charge in [0.05, 0.1) is 12.1 Å². The number of carbonyl (C=O) groups excluding carboxylic acids is 2. The van der Waals surface area contributed by atoms with Crippen LogP contribution in [0.3, 0.4) is 0 Å². The number of carbonyl (C=O) groups is 2. The second-order valence-corrected chi connectivity index (χ2v) is 7.51. The Bertz CT molecular complexity index is 948. The van der Waals surface area contributed by atoms with Crippen molar-refractivity contribution in [2.75, 3.05) is 0 Å². The molecular formula is C19H14F2N4O2S2. The van der Waals surface area contributed by atoms with Crippen LogP contribution in [-0.2, 0) is 9.59 Å². The van der Waals surface area contributed by atoms with Crippen molar-refractivity contribution >= 4 is 46.5 Å². The summed E-state index contributed by atoms with van der Waals surface area (Å²) in [4.78, 5) is 26.5. The van der Waals surface area contributed by atoms with E-state index in [0.717, 1.165) is 0 Å². The fraction of sp³-hybridized carbons (Fsp3) is 0.158. The van der Waals surface area contributed by atoms with Crippen molar-refractivity contribution in [2.24, 2.45) is 5.41 Å². The number of halogens is 2. The molecule has 0 bridgehead atoms. The highest BCUT2D eigenvalue weighted by molar-refractivity contribution is 7.80. The van der Waals surface area contributed by atoms with Gasteiger partial charge in [0, 0.05) is 0 Å². The second kappa shape index (κ2) is 7.12. The summed E-state index contributed by atoms with van der Waals surface area (Å²) >= 11 is 10.3. The fourth-order valence-electron chi connectivity index (χ4n) is 3.77. The van der Waals surface area contributed by atoms with Gasteiger partial charge in [0.2, 0.25) is 11.8 Å². The smallest absolute Gasteiger partial charge is 0.246 e. The molecule has 1 spiro atoms. The number of benzene rings is 2. The highest BCUT2D eigenvalue weighted by Crippen LogP contribution is 2.48. The Morgan fingerprint density at radius 2 is 1.07 bits per heavy atom. The lowest BCUT2D eigenvalue weighted by Crippen LogP contribution is -2.73. The maximum absolute atomic E-state index is 13.5. The molecule has 2 atom stereocenters. The van der Waals surface area contributed by atoms with Gasteiger partial charge < -0.3 is 21.3 Å². The third kappa shape index (κ3) is 3.14. The second-order valence-electron chi connectivity index (χ2n) is 6.69. The first-order valence-electron chi connectivity index (χ1n) is 8.57. The molecule has 6 nitrogen and oxygen atoms in total. The van der Waals surface area contributed by atoms with Crippen LogP contribution in [0.2, 0.25) is 0 Å². The quantitative estimate of drug-likeness (QED) is 0.428. The van der Waals surface area contributed by atoms with E-state index in [0.29, 0.717) is 11.1 Å². The number of hydrogen-bond acceptors (Lipinski definition) is 4. The maximum atomic E-state index is 13.5. The van der Waals surface area contributed by atoms with E-state index in [4.69, 9.17) is 24.4 Å². The number of nitrogens with one attached hydrogen (secondary N) is 4. The van der Waals surface area contributed by atoms with Crippen molar-refractivity contribution < 1.29 is 18.4 Å². The monoisotopic (exact) mass is 432 g/mol. The maximum Gasteiger partial charge on any atom is 0.246 e. The molecule has 2 amide bonds. The topological polar surface area (TPSA) is 82.3 Å². The Morgan fingerprint density at radius 3 is 1.45 bits per heavy atom. The van der Waals surface area contributed by atoms with Gasteiger partial charge in [-0.3, -0.25) is 9.59 Å². The molecule has 4 rings (SSSR count). The molecule has 2 fully saturated rings. The molecule has 148 valence electrons. The van der Waals surface area contributed by atoms with Crippen molar-refractivity contribution in [1.29, 1.82) is 0 Å². The summed E-state index contributed by atoms with van der Waals surface area (Å²) in [6, 6.07) is 8.92. The van der Waals surface area contributed by atoms with Gasteiger partial charge in [-0.15, -0.1) is 0 Å². The normalized spacial score (nSPS) is 23.1. The highest BCUT2D eigenvalue weighted by atomic mass is 32.1. The first-order chi connectivity index (χ1) is 13.8. The number of rotatable bonds is 2. The predicted molar refractivity (Wildman–Crippen MR) is 108 cm³/mol. The summed E-state index contributed by atoms with van der Waals surface area (Å²) in [5, 5.41) is 11.0. The van der Waals surface area contributed by atoms with Gasteiger partial charge >= 0.3 is 0 Å². The van der Waals surface area contributed by atoms with E-state index in [1.165, 1.54) is 48.5 Å². The third-order valence-corrected chi connectivity index (χ3v) is 5.51. The molecule has 2 heterocycles. The zero-order chi connectivity index (χ0) is 20.8. The molecule has 2 aromatic rings. The number of hydrogen-bond donors (Lipinski definition) is 4. The van der Waals surface area contributed by atoms with Crippen LogP contribution in [0.5, 0.6) is 0 Å². The van der Waals surface area contributed by atoms with E-state index in [-0.39, 0.29) is 10.2 Å². The Balaban J connectivity index is 1.93. The summed E-state index contributed by atoms with van der Waals surface area (Å²) in [6.07, 6.45) is 0. The number of thiocarbonyl (C=S) groups is 2. The Morgan fingerprint density at radius 1 is 0.690 bits per heavy atom. The molecule has 0 aromatic heterocycles. The van der Waals surface area contributed by atoms with E-state index in [2.05, 4.69) is 21.3 Å². The van der Waals surface area contributed by atoms with Crippen molar-refractivity contribution in [2.45, 2.75) is 12.1 Å². The Kier molecular flexibility index (Phi) is 4.75. The van der Waals surface area contributed by atoms with Crippen molar-refractivity contribution in [3.05, 3.63) is 71.3 Å². The van der Waals surface area contributed by atoms with Crippen LogP contribution < -0.4 is 21.3 Å². The van der Waals surface area contributed by atoms with Gasteiger partial charge in [-0.25, -0.2) is 8.78 Å². The zero-order valence-corrected chi connectivity index (χ0v) is 16.3. The summed E-state index contributed by atoms with van der Waals surface area (Å²) in [5.41, 5.74) is -0.832. The Labute approximate surface area is 175 Å². The lowest BCUT2D eigenvalue weighted by Gasteiger charge is -2.50. The summed E-state index contributed by atoms with van der Waals surface area (Å²) in [5.74, 6) is -2.24. The van der Waals surface area contributed by atoms with Gasteiger partial charge in [-0.1, -0.05) is 24.3 Å². The Hall–Kier alpha value is -2.98. The van der Waals surface area contributed by atoms with E-state index >= 15 is 0 Å². The molecule has 29 heavy (non-hydrogen) atoms. The van der Waals surface area contributed by atoms with E-state index in [1.807, 2.05) is 0 Å². The summed E-state index contributed by atoms with van der Waals surface area (Å²) < 4.78 is 27.0. The van der Waals surface area contributed by atoms with Crippen LogP contribution in [0.25, 0.3) is 0 Å². The van der Waals surface area contributed by atoms with Gasteiger partial charge in [0.1, 0.15) is 11.6 Å². The van der Waals surface area contributed by atoms with Crippen LogP contribution in [-0.4, -0.2) is 22.0 Å². The standard InChI is InChI=1S/C19H14F2N4O2S2/c20-11-5-1-9(2-6-11)13-19(15(26)24-18(29)25-16(19)27)14(23-17(28)22-13)10-3-7-12(21)8-4-10/h1-8,13-14H,(H2,22,23,28)(H2,24,25,26,27,29)/t13-,14-/m0/s1. The summed E-state index contributed by atoms with van der Waals surface area (Å²) in [6.45, 7) is 0. The first-order valence-corrected chi connectivity index (χ1v) is 9.39. The molecule has 2 aliphatic rings. The predicted octanol–water partition coefficient (Wildman–Crippen LogP) is 1.74. The van der Waals surface area contributed by atoms with Crippen LogP contribution in [0, 0.1) is 17.0 Å². The molecule has 2 saturated heterocycles. The number of amides is 2. The fourth-order valence-corrected chi connectivity index (χ4v) is 4.19. The van der Waals surface area contributed by atoms with Crippen LogP contribution in [0.15, 0.2) is 48.5 Å². The van der Waals surface area contributed by atoms with Gasteiger partial charge in [-0.05, 0) is 59.8 Å². The van der Waals surface area contributed by atoms with E-state index in [9.17, 15) is 18.4 Å². The molecule has 2 aromatic carbocycles. The zero-order valence-electron chi connectivity index (χ0n) is 14.7. The lowest BCUT2D eigenvalue weighted by atomic mass is 9.66. The third-order valence-electron chi connectivity index (χ3n) is 5.07. The molecule has 10 heteroatoms. The molecule has 4 N–H and O–H groups in total. The van der Waals surface area contributed by atoms with Crippen molar-refractivity contribution in [1.82, 2.24) is 21.3 Å². The molecule has 0 saturated carbocycles. The molecular weight excluding hydrogens is 418 g/mol. The van der Waals surface area contributed by atoms with Crippen molar-refractivity contribution in [3.63, 3.8) is 0 Å². The minimum absolute atomic E-state index is 0.116. The average molecular weight is 432 g/mol. The van der Waals surface area contributed by atoms with Crippen LogP contribution in [0.1, 0.15) is 23.2 Å². The molecule has 0 unspecified atom stereocenters. The van der Waals surface area contributed by atoms with Gasteiger partial charge in [0.15, 0.2) is 15.6 Å². The van der Waals surface area contributed by atoms with E-state index in [1.54, 1.807) is 0 Å². The van der Waals surface area contributed by atoms with Crippen LogP contribution >= 0.6 is 24.4 Å². The molecule has 0 aliphatic carbocycles. The largest absolute Gasteiger partial charge is 0.354 e. The van der Waals surface area contributed by atoms with Crippen LogP contribution in [0.4, 0.5) is 8.78 Å². The molecule has 2 aliphatic heterocycles. The molecule has 0 radical (unpaired) electrons. The lowest BCUT2D eigenvalue weighted by molar-refractivity contribution is -0.149. The van der Waals surface area contributed by atoms with Gasteiger partial charge in [-0.2, -0.15) is 0 Å². The SMILES string of the molecule is O=C1NC(=S)NC(=O)C12[C@H](c1ccc(F)cc1)NC(=S)N[C@H]2c1ccc(F)cc1. The van der Waals surface area contributed by atoms with E-state index < -0.39 is 40.9 Å². The van der Waals surface area contributed by atoms with Gasteiger partial charge in [0.25, 0.3) is 0 Å². The first kappa shape index (κ1) is 19.3. The minimum Gasteiger partial charge on any atom is -0.354 e. The average Bonchev–Trinajstić information content (AvgIpc) is 2.67.